The van der Waals surface area contributed by atoms with Crippen molar-refractivity contribution in [1.82, 2.24) is 20.4 Å². The van der Waals surface area contributed by atoms with Crippen LogP contribution in [0.25, 0.3) is 0 Å². The predicted molar refractivity (Wildman–Crippen MR) is 86.4 cm³/mol. The lowest BCUT2D eigenvalue weighted by Crippen LogP contribution is -2.38. The van der Waals surface area contributed by atoms with Gasteiger partial charge < -0.3 is 14.6 Å². The molecule has 0 aromatic carbocycles. The number of rotatable bonds is 4. The van der Waals surface area contributed by atoms with Gasteiger partial charge >= 0.3 is 6.03 Å². The maximum Gasteiger partial charge on any atom is 0.321 e. The Bertz CT molecular complexity index is 697. The largest absolute Gasteiger partial charge is 0.381 e. The SMILES string of the molecule is Cc1cccc(NC(=O)N[C@@H](c2nc(C)no2)C2CCOCC2)n1. The fourth-order valence-corrected chi connectivity index (χ4v) is 2.78. The zero-order valence-corrected chi connectivity index (χ0v) is 13.8. The summed E-state index contributed by atoms with van der Waals surface area (Å²) in [6, 6.07) is 4.76. The maximum absolute atomic E-state index is 12.4. The van der Waals surface area contributed by atoms with Gasteiger partial charge in [0.25, 0.3) is 0 Å². The van der Waals surface area contributed by atoms with E-state index in [1.165, 1.54) is 0 Å². The van der Waals surface area contributed by atoms with Crippen LogP contribution in [0.1, 0.15) is 36.3 Å². The van der Waals surface area contributed by atoms with Crippen molar-refractivity contribution in [3.05, 3.63) is 35.6 Å². The summed E-state index contributed by atoms with van der Waals surface area (Å²) in [5.41, 5.74) is 0.835. The zero-order valence-electron chi connectivity index (χ0n) is 13.8. The van der Waals surface area contributed by atoms with E-state index < -0.39 is 0 Å². The number of amides is 2. The van der Waals surface area contributed by atoms with Gasteiger partial charge in [0.1, 0.15) is 11.9 Å². The van der Waals surface area contributed by atoms with Crippen molar-refractivity contribution < 1.29 is 14.1 Å². The van der Waals surface area contributed by atoms with Crippen LogP contribution < -0.4 is 10.6 Å². The van der Waals surface area contributed by atoms with Gasteiger partial charge in [-0.3, -0.25) is 5.32 Å². The Kier molecular flexibility index (Phi) is 5.05. The Labute approximate surface area is 140 Å². The average Bonchev–Trinajstić information content (AvgIpc) is 3.00. The predicted octanol–water partition coefficient (Wildman–Crippen LogP) is 2.37. The molecule has 3 heterocycles. The highest BCUT2D eigenvalue weighted by atomic mass is 16.5. The molecule has 1 saturated heterocycles. The summed E-state index contributed by atoms with van der Waals surface area (Å²) in [6.45, 7) is 4.95. The van der Waals surface area contributed by atoms with Crippen LogP contribution in [0, 0.1) is 19.8 Å². The Morgan fingerprint density at radius 1 is 1.25 bits per heavy atom. The molecular formula is C16H21N5O3. The van der Waals surface area contributed by atoms with E-state index in [4.69, 9.17) is 9.26 Å². The molecule has 1 aliphatic rings. The molecule has 0 bridgehead atoms. The Morgan fingerprint density at radius 2 is 2.04 bits per heavy atom. The van der Waals surface area contributed by atoms with Gasteiger partial charge in [0.15, 0.2) is 5.82 Å². The minimum atomic E-state index is -0.347. The van der Waals surface area contributed by atoms with E-state index in [0.29, 0.717) is 30.7 Å². The number of aryl methyl sites for hydroxylation is 2. The number of nitrogens with zero attached hydrogens (tertiary/aromatic N) is 3. The molecule has 3 rings (SSSR count). The van der Waals surface area contributed by atoms with Crippen LogP contribution >= 0.6 is 0 Å². The van der Waals surface area contributed by atoms with E-state index in [1.807, 2.05) is 19.1 Å². The molecular weight excluding hydrogens is 310 g/mol. The van der Waals surface area contributed by atoms with Crippen molar-refractivity contribution in [3.63, 3.8) is 0 Å². The van der Waals surface area contributed by atoms with Gasteiger partial charge in [-0.15, -0.1) is 0 Å². The summed E-state index contributed by atoms with van der Waals surface area (Å²) in [5.74, 6) is 1.66. The number of aromatic nitrogens is 3. The number of nitrogens with one attached hydrogen (secondary N) is 2. The monoisotopic (exact) mass is 331 g/mol. The summed E-state index contributed by atoms with van der Waals surface area (Å²) in [5, 5.41) is 9.52. The number of hydrogen-bond donors (Lipinski definition) is 2. The highest BCUT2D eigenvalue weighted by molar-refractivity contribution is 5.88. The van der Waals surface area contributed by atoms with Crippen molar-refractivity contribution in [1.29, 1.82) is 0 Å². The summed E-state index contributed by atoms with van der Waals surface area (Å²) < 4.78 is 10.7. The number of pyridine rings is 1. The molecule has 1 aliphatic heterocycles. The van der Waals surface area contributed by atoms with Crippen LogP contribution in [0.3, 0.4) is 0 Å². The molecule has 0 unspecified atom stereocenters. The number of urea groups is 1. The lowest BCUT2D eigenvalue weighted by molar-refractivity contribution is 0.0506. The lowest BCUT2D eigenvalue weighted by atomic mass is 9.91. The van der Waals surface area contributed by atoms with Gasteiger partial charge in [-0.25, -0.2) is 9.78 Å². The molecule has 1 atom stereocenters. The van der Waals surface area contributed by atoms with Crippen molar-refractivity contribution in [2.24, 2.45) is 5.92 Å². The topological polar surface area (TPSA) is 102 Å². The summed E-state index contributed by atoms with van der Waals surface area (Å²) in [6.07, 6.45) is 1.66. The fraction of sp³-hybridized carbons (Fsp3) is 0.500. The number of ether oxygens (including phenoxy) is 1. The van der Waals surface area contributed by atoms with Crippen molar-refractivity contribution in [3.8, 4) is 0 Å². The first kappa shape index (κ1) is 16.4. The second-order valence-corrected chi connectivity index (χ2v) is 5.87. The molecule has 2 aromatic rings. The number of carbonyl (C=O) groups is 1. The van der Waals surface area contributed by atoms with Crippen LogP contribution in [0.2, 0.25) is 0 Å². The molecule has 24 heavy (non-hydrogen) atoms. The van der Waals surface area contributed by atoms with Crippen molar-refractivity contribution >= 4 is 11.8 Å². The number of anilines is 1. The Balaban J connectivity index is 1.72. The van der Waals surface area contributed by atoms with Crippen molar-refractivity contribution in [2.45, 2.75) is 32.7 Å². The second kappa shape index (κ2) is 7.39. The Morgan fingerprint density at radius 3 is 2.71 bits per heavy atom. The van der Waals surface area contributed by atoms with Gasteiger partial charge in [-0.05, 0) is 44.7 Å². The van der Waals surface area contributed by atoms with Gasteiger partial charge in [0.2, 0.25) is 5.89 Å². The number of hydrogen-bond acceptors (Lipinski definition) is 6. The van der Waals surface area contributed by atoms with E-state index in [0.717, 1.165) is 18.5 Å². The molecule has 0 radical (unpaired) electrons. The average molecular weight is 331 g/mol. The first-order valence-electron chi connectivity index (χ1n) is 8.01. The highest BCUT2D eigenvalue weighted by Gasteiger charge is 2.31. The third kappa shape index (κ3) is 4.08. The minimum absolute atomic E-state index is 0.190. The first-order chi connectivity index (χ1) is 11.6. The maximum atomic E-state index is 12.4. The number of carbonyl (C=O) groups excluding carboxylic acids is 1. The minimum Gasteiger partial charge on any atom is -0.381 e. The van der Waals surface area contributed by atoms with Gasteiger partial charge in [-0.1, -0.05) is 11.2 Å². The second-order valence-electron chi connectivity index (χ2n) is 5.87. The fourth-order valence-electron chi connectivity index (χ4n) is 2.78. The van der Waals surface area contributed by atoms with Crippen LogP contribution in [0.5, 0.6) is 0 Å². The molecule has 8 nitrogen and oxygen atoms in total. The smallest absolute Gasteiger partial charge is 0.321 e. The third-order valence-electron chi connectivity index (χ3n) is 3.96. The van der Waals surface area contributed by atoms with Crippen molar-refractivity contribution in [2.75, 3.05) is 18.5 Å². The standard InChI is InChI=1S/C16H21N5O3/c1-10-4-3-5-13(17-10)19-16(22)20-14(12-6-8-23-9-7-12)15-18-11(2)21-24-15/h3-5,12,14H,6-9H2,1-2H3,(H2,17,19,20,22)/t14-/m1/s1. The van der Waals surface area contributed by atoms with Crippen LogP contribution in [-0.4, -0.2) is 34.4 Å². The molecule has 2 amide bonds. The van der Waals surface area contributed by atoms with Gasteiger partial charge in [0.05, 0.1) is 0 Å². The summed E-state index contributed by atoms with van der Waals surface area (Å²) in [4.78, 5) is 20.9. The van der Waals surface area contributed by atoms with E-state index >= 15 is 0 Å². The van der Waals surface area contributed by atoms with E-state index in [9.17, 15) is 4.79 Å². The van der Waals surface area contributed by atoms with Crippen LogP contribution in [0.4, 0.5) is 10.6 Å². The van der Waals surface area contributed by atoms with Gasteiger partial charge in [-0.2, -0.15) is 4.98 Å². The summed E-state index contributed by atoms with van der Waals surface area (Å²) in [7, 11) is 0. The molecule has 2 aromatic heterocycles. The lowest BCUT2D eigenvalue weighted by Gasteiger charge is -2.28. The van der Waals surface area contributed by atoms with E-state index in [2.05, 4.69) is 25.8 Å². The molecule has 0 saturated carbocycles. The molecule has 128 valence electrons. The third-order valence-corrected chi connectivity index (χ3v) is 3.96. The molecule has 0 spiro atoms. The van der Waals surface area contributed by atoms with Crippen LogP contribution in [-0.2, 0) is 4.74 Å². The highest BCUT2D eigenvalue weighted by Crippen LogP contribution is 2.29. The van der Waals surface area contributed by atoms with E-state index in [1.54, 1.807) is 13.0 Å². The Hall–Kier alpha value is -2.48. The molecule has 0 aliphatic carbocycles. The molecule has 1 fully saturated rings. The quantitative estimate of drug-likeness (QED) is 0.892. The van der Waals surface area contributed by atoms with E-state index in [-0.39, 0.29) is 18.0 Å². The van der Waals surface area contributed by atoms with Gasteiger partial charge in [0, 0.05) is 18.9 Å². The first-order valence-corrected chi connectivity index (χ1v) is 8.01. The molecule has 8 heteroatoms. The molecule has 2 N–H and O–H groups in total. The van der Waals surface area contributed by atoms with Crippen LogP contribution in [0.15, 0.2) is 22.7 Å². The zero-order chi connectivity index (χ0) is 16.9. The normalized spacial score (nSPS) is 16.6. The summed E-state index contributed by atoms with van der Waals surface area (Å²) >= 11 is 0.